The van der Waals surface area contributed by atoms with Crippen LogP contribution in [0.15, 0.2) is 140 Å². The molecule has 0 aliphatic rings. The van der Waals surface area contributed by atoms with Crippen molar-refractivity contribution in [2.75, 3.05) is 0 Å². The maximum Gasteiger partial charge on any atom is 0.0978 e. The number of hydrogen-bond acceptors (Lipinski definition) is 5. The molecule has 0 aliphatic heterocycles. The minimum Gasteiger partial charge on any atom is -0.255 e. The van der Waals surface area contributed by atoms with E-state index in [9.17, 15) is 0 Å². The van der Waals surface area contributed by atoms with Crippen molar-refractivity contribution in [2.24, 2.45) is 0 Å². The van der Waals surface area contributed by atoms with E-state index in [0.717, 1.165) is 72.3 Å². The number of rotatable bonds is 4. The molecule has 0 radical (unpaired) electrons. The molecule has 0 bridgehead atoms. The largest absolute Gasteiger partial charge is 0.255 e. The quantitative estimate of drug-likeness (QED) is 0.166. The monoisotopic (exact) mass is 537 g/mol. The van der Waals surface area contributed by atoms with Crippen LogP contribution in [0.1, 0.15) is 0 Å². The predicted molar refractivity (Wildman–Crippen MR) is 170 cm³/mol. The fourth-order valence-electron chi connectivity index (χ4n) is 5.54. The fourth-order valence-corrected chi connectivity index (χ4v) is 5.54. The van der Waals surface area contributed by atoms with Crippen molar-refractivity contribution in [1.29, 1.82) is 0 Å². The first kappa shape index (κ1) is 24.0. The Bertz CT molecular complexity index is 2230. The summed E-state index contributed by atoms with van der Waals surface area (Å²) in [4.78, 5) is 24.3. The second kappa shape index (κ2) is 9.98. The molecule has 0 spiro atoms. The standard InChI is InChI=1S/C37H23N5/c1-2-9-24(10-3-1)35-27-11-4-5-12-30(27)41-37-28(35)19-16-25-17-21-34(42-36(25)37)32-20-18-26(23-39-32)29-14-8-15-33(40-29)31-13-6-7-22-38-31/h1-23H. The van der Waals surface area contributed by atoms with Crippen LogP contribution in [0.2, 0.25) is 0 Å². The molecule has 196 valence electrons. The molecule has 8 aromatic rings. The number of fused-ring (bicyclic) bond motifs is 4. The maximum absolute atomic E-state index is 5.12. The van der Waals surface area contributed by atoms with Gasteiger partial charge in [0.05, 0.1) is 45.0 Å². The van der Waals surface area contributed by atoms with Gasteiger partial charge in [0.2, 0.25) is 0 Å². The number of benzene rings is 3. The van der Waals surface area contributed by atoms with Crippen LogP contribution in [-0.2, 0) is 0 Å². The van der Waals surface area contributed by atoms with E-state index in [2.05, 4.69) is 65.6 Å². The molecule has 42 heavy (non-hydrogen) atoms. The van der Waals surface area contributed by atoms with E-state index in [1.165, 1.54) is 5.56 Å². The summed E-state index contributed by atoms with van der Waals surface area (Å²) in [7, 11) is 0. The SMILES string of the molecule is c1ccc(-c2c3ccccc3nc3c2ccc2ccc(-c4ccc(-c5cccc(-c6ccccn6)n5)cn4)nc23)cc1. The van der Waals surface area contributed by atoms with E-state index < -0.39 is 0 Å². The summed E-state index contributed by atoms with van der Waals surface area (Å²) < 4.78 is 0. The highest BCUT2D eigenvalue weighted by Crippen LogP contribution is 2.37. The van der Waals surface area contributed by atoms with E-state index in [-0.39, 0.29) is 0 Å². The first-order valence-corrected chi connectivity index (χ1v) is 13.8. The molecule has 5 aromatic heterocycles. The van der Waals surface area contributed by atoms with Crippen molar-refractivity contribution in [1.82, 2.24) is 24.9 Å². The molecule has 8 rings (SSSR count). The number of hydrogen-bond donors (Lipinski definition) is 0. The summed E-state index contributed by atoms with van der Waals surface area (Å²) in [5.41, 5.74) is 10.1. The Kier molecular flexibility index (Phi) is 5.71. The lowest BCUT2D eigenvalue weighted by molar-refractivity contribution is 1.23. The Hall–Kier alpha value is -5.81. The van der Waals surface area contributed by atoms with Crippen molar-refractivity contribution >= 4 is 32.7 Å². The third-order valence-corrected chi connectivity index (χ3v) is 7.57. The van der Waals surface area contributed by atoms with Gasteiger partial charge in [-0.3, -0.25) is 9.97 Å². The zero-order chi connectivity index (χ0) is 27.9. The van der Waals surface area contributed by atoms with E-state index in [0.29, 0.717) is 0 Å². The van der Waals surface area contributed by atoms with Crippen LogP contribution in [0.5, 0.6) is 0 Å². The van der Waals surface area contributed by atoms with E-state index in [4.69, 9.17) is 19.9 Å². The van der Waals surface area contributed by atoms with Crippen LogP contribution in [-0.4, -0.2) is 24.9 Å². The Balaban J connectivity index is 1.24. The Morgan fingerprint density at radius 2 is 1.12 bits per heavy atom. The van der Waals surface area contributed by atoms with Crippen molar-refractivity contribution in [3.05, 3.63) is 140 Å². The molecule has 0 amide bonds. The number of nitrogens with zero attached hydrogens (tertiary/aromatic N) is 5. The van der Waals surface area contributed by atoms with Gasteiger partial charge in [-0.05, 0) is 54.1 Å². The first-order chi connectivity index (χ1) is 20.8. The van der Waals surface area contributed by atoms with Crippen molar-refractivity contribution in [3.63, 3.8) is 0 Å². The molecule has 0 N–H and O–H groups in total. The smallest absolute Gasteiger partial charge is 0.0978 e. The van der Waals surface area contributed by atoms with Gasteiger partial charge in [0.15, 0.2) is 0 Å². The highest BCUT2D eigenvalue weighted by atomic mass is 14.8. The van der Waals surface area contributed by atoms with Gasteiger partial charge in [-0.2, -0.15) is 0 Å². The second-order valence-corrected chi connectivity index (χ2v) is 10.2. The van der Waals surface area contributed by atoms with Crippen LogP contribution in [0.25, 0.3) is 77.9 Å². The zero-order valence-electron chi connectivity index (χ0n) is 22.5. The molecule has 5 nitrogen and oxygen atoms in total. The van der Waals surface area contributed by atoms with Gasteiger partial charge in [0, 0.05) is 39.7 Å². The topological polar surface area (TPSA) is 64.5 Å². The molecule has 0 fully saturated rings. The lowest BCUT2D eigenvalue weighted by Gasteiger charge is -2.13. The lowest BCUT2D eigenvalue weighted by atomic mass is 9.95. The third-order valence-electron chi connectivity index (χ3n) is 7.57. The second-order valence-electron chi connectivity index (χ2n) is 10.2. The van der Waals surface area contributed by atoms with Gasteiger partial charge in [-0.15, -0.1) is 0 Å². The van der Waals surface area contributed by atoms with E-state index in [1.54, 1.807) is 6.20 Å². The Morgan fingerprint density at radius 3 is 1.98 bits per heavy atom. The van der Waals surface area contributed by atoms with E-state index in [1.807, 2.05) is 72.9 Å². The highest BCUT2D eigenvalue weighted by Gasteiger charge is 2.15. The Morgan fingerprint density at radius 1 is 0.381 bits per heavy atom. The molecule has 0 atom stereocenters. The summed E-state index contributed by atoms with van der Waals surface area (Å²) in [5, 5.41) is 3.25. The van der Waals surface area contributed by atoms with Gasteiger partial charge in [-0.25, -0.2) is 15.0 Å². The normalized spacial score (nSPS) is 11.3. The molecule has 3 aromatic carbocycles. The van der Waals surface area contributed by atoms with Gasteiger partial charge in [0.1, 0.15) is 0 Å². The number of pyridine rings is 5. The number of para-hydroxylation sites is 1. The summed E-state index contributed by atoms with van der Waals surface area (Å²) in [6.07, 6.45) is 3.63. The van der Waals surface area contributed by atoms with Crippen molar-refractivity contribution in [2.45, 2.75) is 0 Å². The minimum absolute atomic E-state index is 0.794. The molecule has 0 unspecified atom stereocenters. The average molecular weight is 538 g/mol. The molecular formula is C37H23N5. The molecular weight excluding hydrogens is 514 g/mol. The molecule has 5 heteroatoms. The van der Waals surface area contributed by atoms with E-state index >= 15 is 0 Å². The van der Waals surface area contributed by atoms with Gasteiger partial charge >= 0.3 is 0 Å². The molecule has 0 aliphatic carbocycles. The summed E-state index contributed by atoms with van der Waals surface area (Å²) in [6.45, 7) is 0. The van der Waals surface area contributed by atoms with Crippen LogP contribution in [0.4, 0.5) is 0 Å². The summed E-state index contributed by atoms with van der Waals surface area (Å²) in [6, 6.07) is 43.1. The first-order valence-electron chi connectivity index (χ1n) is 13.8. The van der Waals surface area contributed by atoms with Gasteiger partial charge in [-0.1, -0.05) is 78.9 Å². The van der Waals surface area contributed by atoms with Crippen LogP contribution in [0, 0.1) is 0 Å². The van der Waals surface area contributed by atoms with Crippen LogP contribution >= 0.6 is 0 Å². The fraction of sp³-hybridized carbons (Fsp3) is 0. The average Bonchev–Trinajstić information content (AvgIpc) is 3.08. The predicted octanol–water partition coefficient (Wildman–Crippen LogP) is 8.79. The molecule has 0 saturated heterocycles. The number of aromatic nitrogens is 5. The zero-order valence-corrected chi connectivity index (χ0v) is 22.5. The summed E-state index contributed by atoms with van der Waals surface area (Å²) >= 11 is 0. The van der Waals surface area contributed by atoms with Crippen molar-refractivity contribution in [3.8, 4) is 45.2 Å². The molecule has 5 heterocycles. The lowest BCUT2D eigenvalue weighted by Crippen LogP contribution is -1.94. The third kappa shape index (κ3) is 4.16. The highest BCUT2D eigenvalue weighted by molar-refractivity contribution is 6.16. The Labute approximate surface area is 242 Å². The maximum atomic E-state index is 5.12. The van der Waals surface area contributed by atoms with Crippen LogP contribution < -0.4 is 0 Å². The minimum atomic E-state index is 0.794. The van der Waals surface area contributed by atoms with Crippen molar-refractivity contribution < 1.29 is 0 Å². The summed E-state index contributed by atoms with van der Waals surface area (Å²) in [5.74, 6) is 0. The van der Waals surface area contributed by atoms with Gasteiger partial charge < -0.3 is 0 Å². The molecule has 0 saturated carbocycles. The van der Waals surface area contributed by atoms with Gasteiger partial charge in [0.25, 0.3) is 0 Å². The van der Waals surface area contributed by atoms with Crippen LogP contribution in [0.3, 0.4) is 0 Å².